The molecule has 0 aliphatic rings. The first-order valence-electron chi connectivity index (χ1n) is 20.5. The van der Waals surface area contributed by atoms with E-state index < -0.39 is 26.6 Å². The molecule has 0 aromatic carbocycles. The predicted molar refractivity (Wildman–Crippen MR) is 214 cm³/mol. The van der Waals surface area contributed by atoms with E-state index in [2.05, 4.69) is 55.6 Å². The second-order valence-electron chi connectivity index (χ2n) is 15.0. The molecule has 0 aliphatic heterocycles. The van der Waals surface area contributed by atoms with Gasteiger partial charge in [0, 0.05) is 6.42 Å². The van der Waals surface area contributed by atoms with Crippen molar-refractivity contribution in [3.63, 3.8) is 0 Å². The number of carbonyl (C=O) groups excluding carboxylic acids is 1. The molecule has 0 rings (SSSR count). The summed E-state index contributed by atoms with van der Waals surface area (Å²) in [6.45, 7) is 4.49. The van der Waals surface area contributed by atoms with Crippen LogP contribution in [0.5, 0.6) is 0 Å². The number of likely N-dealkylation sites (N-methyl/N-ethyl adjacent to an activating group) is 1. The number of phosphoric acid groups is 1. The number of aliphatic hydroxyl groups is 1. The minimum absolute atomic E-state index is 0.00845. The summed E-state index contributed by atoms with van der Waals surface area (Å²) in [7, 11) is 1.23. The first-order valence-corrected chi connectivity index (χ1v) is 22.0. The highest BCUT2D eigenvalue weighted by Gasteiger charge is 2.23. The molecule has 0 spiro atoms. The molecule has 3 unspecified atom stereocenters. The monoisotopic (exact) mass is 739 g/mol. The van der Waals surface area contributed by atoms with E-state index in [0.717, 1.165) is 64.2 Å². The number of aliphatic hydroxyl groups excluding tert-OH is 1. The zero-order valence-electron chi connectivity index (χ0n) is 33.5. The lowest BCUT2D eigenvalue weighted by Gasteiger charge is -2.29. The first-order chi connectivity index (χ1) is 24.5. The number of hydrogen-bond donors (Lipinski definition) is 2. The number of phosphoric ester groups is 1. The molecule has 0 bridgehead atoms. The van der Waals surface area contributed by atoms with Gasteiger partial charge in [-0.1, -0.05) is 152 Å². The molecule has 0 saturated carbocycles. The van der Waals surface area contributed by atoms with E-state index in [0.29, 0.717) is 17.4 Å². The van der Waals surface area contributed by atoms with Gasteiger partial charge in [0.2, 0.25) is 5.91 Å². The van der Waals surface area contributed by atoms with Gasteiger partial charge in [0.05, 0.1) is 39.9 Å². The highest BCUT2D eigenvalue weighted by Crippen LogP contribution is 2.38. The van der Waals surface area contributed by atoms with Crippen molar-refractivity contribution in [1.29, 1.82) is 0 Å². The Hall–Kier alpha value is -1.54. The van der Waals surface area contributed by atoms with Crippen LogP contribution in [0.2, 0.25) is 0 Å². The molecule has 0 aromatic heterocycles. The average Bonchev–Trinajstić information content (AvgIpc) is 3.07. The quantitative estimate of drug-likeness (QED) is 0.0287. The van der Waals surface area contributed by atoms with Crippen LogP contribution in [0.25, 0.3) is 0 Å². The second kappa shape index (κ2) is 34.2. The van der Waals surface area contributed by atoms with Gasteiger partial charge in [-0.25, -0.2) is 0 Å². The number of unbranched alkanes of at least 4 members (excludes halogenated alkanes) is 17. The van der Waals surface area contributed by atoms with Crippen LogP contribution in [-0.2, 0) is 18.4 Å². The number of quaternary nitrogens is 1. The summed E-state index contributed by atoms with van der Waals surface area (Å²) in [6, 6.07) is -0.900. The van der Waals surface area contributed by atoms with Crippen LogP contribution in [0.1, 0.15) is 162 Å². The Labute approximate surface area is 314 Å². The van der Waals surface area contributed by atoms with E-state index in [1.807, 2.05) is 27.2 Å². The molecule has 1 amide bonds. The maximum absolute atomic E-state index is 12.8. The molecule has 0 radical (unpaired) electrons. The van der Waals surface area contributed by atoms with Gasteiger partial charge in [0.25, 0.3) is 7.82 Å². The number of rotatable bonds is 36. The topological polar surface area (TPSA) is 108 Å². The summed E-state index contributed by atoms with van der Waals surface area (Å²) in [5.74, 6) is -0.229. The molecule has 8 nitrogen and oxygen atoms in total. The van der Waals surface area contributed by atoms with E-state index in [9.17, 15) is 19.4 Å². The number of nitrogens with zero attached hydrogens (tertiary/aromatic N) is 1. The minimum Gasteiger partial charge on any atom is -0.756 e. The van der Waals surface area contributed by atoms with Crippen LogP contribution >= 0.6 is 7.82 Å². The van der Waals surface area contributed by atoms with Crippen LogP contribution < -0.4 is 10.2 Å². The SMILES string of the molecule is CC/C=C\C/C=C\C/C=C\CCCCCC(=O)NC(COP(=O)([O-])OCC[N+](C)(C)C)C(O)/C=C/CCCCCCCCCCCCCCCC. The van der Waals surface area contributed by atoms with Crippen molar-refractivity contribution in [2.24, 2.45) is 0 Å². The lowest BCUT2D eigenvalue weighted by atomic mass is 10.0. The first kappa shape index (κ1) is 49.5. The predicted octanol–water partition coefficient (Wildman–Crippen LogP) is 10.3. The van der Waals surface area contributed by atoms with Gasteiger partial charge in [-0.05, 0) is 51.4 Å². The largest absolute Gasteiger partial charge is 0.756 e. The van der Waals surface area contributed by atoms with E-state index >= 15 is 0 Å². The maximum atomic E-state index is 12.8. The molecule has 0 heterocycles. The van der Waals surface area contributed by atoms with E-state index in [1.54, 1.807) is 6.08 Å². The fourth-order valence-electron chi connectivity index (χ4n) is 5.52. The zero-order chi connectivity index (χ0) is 37.9. The molecule has 9 heteroatoms. The summed E-state index contributed by atoms with van der Waals surface area (Å²) < 4.78 is 23.1. The zero-order valence-corrected chi connectivity index (χ0v) is 34.4. The van der Waals surface area contributed by atoms with Crippen LogP contribution in [0.4, 0.5) is 0 Å². The summed E-state index contributed by atoms with van der Waals surface area (Å²) in [5, 5.41) is 13.7. The van der Waals surface area contributed by atoms with Crippen LogP contribution in [-0.4, -0.2) is 68.5 Å². The molecule has 298 valence electrons. The number of hydrogen-bond acceptors (Lipinski definition) is 6. The molecular formula is C42H79N2O6P. The fraction of sp³-hybridized carbons (Fsp3) is 0.786. The molecular weight excluding hydrogens is 659 g/mol. The highest BCUT2D eigenvalue weighted by molar-refractivity contribution is 7.45. The van der Waals surface area contributed by atoms with Crippen molar-refractivity contribution in [2.75, 3.05) is 40.9 Å². The van der Waals surface area contributed by atoms with Crippen molar-refractivity contribution in [3.05, 3.63) is 48.6 Å². The Kier molecular flexibility index (Phi) is 33.2. The lowest BCUT2D eigenvalue weighted by Crippen LogP contribution is -2.45. The van der Waals surface area contributed by atoms with Crippen LogP contribution in [0, 0.1) is 0 Å². The average molecular weight is 739 g/mol. The summed E-state index contributed by atoms with van der Waals surface area (Å²) >= 11 is 0. The van der Waals surface area contributed by atoms with E-state index in [4.69, 9.17) is 9.05 Å². The van der Waals surface area contributed by atoms with Crippen molar-refractivity contribution in [3.8, 4) is 0 Å². The molecule has 0 fully saturated rings. The molecule has 0 aliphatic carbocycles. The molecule has 0 saturated heterocycles. The van der Waals surface area contributed by atoms with Gasteiger partial charge in [0.15, 0.2) is 0 Å². The fourth-order valence-corrected chi connectivity index (χ4v) is 6.24. The van der Waals surface area contributed by atoms with Gasteiger partial charge in [0.1, 0.15) is 13.2 Å². The second-order valence-corrected chi connectivity index (χ2v) is 16.4. The third-order valence-electron chi connectivity index (χ3n) is 8.79. The van der Waals surface area contributed by atoms with Crippen LogP contribution in [0.3, 0.4) is 0 Å². The van der Waals surface area contributed by atoms with E-state index in [1.165, 1.54) is 77.0 Å². The number of carbonyl (C=O) groups is 1. The van der Waals surface area contributed by atoms with E-state index in [-0.39, 0.29) is 12.5 Å². The smallest absolute Gasteiger partial charge is 0.268 e. The van der Waals surface area contributed by atoms with Crippen molar-refractivity contribution >= 4 is 13.7 Å². The Morgan fingerprint density at radius 3 is 1.75 bits per heavy atom. The molecule has 2 N–H and O–H groups in total. The Morgan fingerprint density at radius 1 is 0.706 bits per heavy atom. The van der Waals surface area contributed by atoms with Gasteiger partial charge in [-0.2, -0.15) is 0 Å². The maximum Gasteiger partial charge on any atom is 0.268 e. The Bertz CT molecular complexity index is 975. The van der Waals surface area contributed by atoms with Gasteiger partial charge in [-0.3, -0.25) is 9.36 Å². The van der Waals surface area contributed by atoms with Crippen LogP contribution in [0.15, 0.2) is 48.6 Å². The normalized spacial score (nSPS) is 15.0. The lowest BCUT2D eigenvalue weighted by molar-refractivity contribution is -0.870. The van der Waals surface area contributed by atoms with Crippen molar-refractivity contribution in [1.82, 2.24) is 5.32 Å². The Balaban J connectivity index is 4.54. The molecule has 51 heavy (non-hydrogen) atoms. The minimum atomic E-state index is -4.59. The van der Waals surface area contributed by atoms with Gasteiger partial charge >= 0.3 is 0 Å². The molecule has 3 atom stereocenters. The van der Waals surface area contributed by atoms with Crippen molar-refractivity contribution in [2.45, 2.75) is 174 Å². The number of allylic oxidation sites excluding steroid dienone is 7. The third kappa shape index (κ3) is 36.6. The van der Waals surface area contributed by atoms with Gasteiger partial charge < -0.3 is 28.8 Å². The highest BCUT2D eigenvalue weighted by atomic mass is 31.2. The van der Waals surface area contributed by atoms with Gasteiger partial charge in [-0.15, -0.1) is 0 Å². The number of nitrogens with one attached hydrogen (secondary N) is 1. The third-order valence-corrected chi connectivity index (χ3v) is 9.76. The summed E-state index contributed by atoms with van der Waals surface area (Å²) in [4.78, 5) is 25.2. The summed E-state index contributed by atoms with van der Waals surface area (Å²) in [5.41, 5.74) is 0. The number of amides is 1. The Morgan fingerprint density at radius 2 is 1.20 bits per heavy atom. The molecule has 0 aromatic rings. The van der Waals surface area contributed by atoms with Crippen molar-refractivity contribution < 1.29 is 32.9 Å². The summed E-state index contributed by atoms with van der Waals surface area (Å²) in [6.07, 6.45) is 41.5. The standard InChI is InChI=1S/C42H79N2O6P/c1-6-8-10-12-14-16-18-20-21-22-24-25-27-29-31-33-35-41(45)40(39-50-51(47,48)49-38-37-44(3,4)5)43-42(46)36-34-32-30-28-26-23-19-17-15-13-11-9-7-2/h9,11,15,17,23,26,33,35,40-41,45H,6-8,10,12-14,16,18-22,24-25,27-32,34,36-39H2,1-5H3,(H-,43,46,47,48)/b11-9-,17-15-,26-23-,35-33+.